The molecule has 1 aromatic carbocycles. The van der Waals surface area contributed by atoms with E-state index in [0.29, 0.717) is 6.04 Å². The molecule has 0 radical (unpaired) electrons. The Morgan fingerprint density at radius 1 is 1.44 bits per heavy atom. The Labute approximate surface area is 96.4 Å². The maximum Gasteiger partial charge on any atom is 0.123 e. The summed E-state index contributed by atoms with van der Waals surface area (Å²) in [6, 6.07) is 7.40. The first kappa shape index (κ1) is 11.3. The molecule has 1 heterocycles. The molecule has 2 atom stereocenters. The number of aromatic hydroxyl groups is 1. The molecule has 0 bridgehead atoms. The van der Waals surface area contributed by atoms with Gasteiger partial charge in [-0.2, -0.15) is 0 Å². The lowest BCUT2D eigenvalue weighted by atomic mass is 10.0. The monoisotopic (exact) mass is 221 g/mol. The van der Waals surface area contributed by atoms with E-state index in [0.717, 1.165) is 12.3 Å². The Hall–Kier alpha value is -1.22. The van der Waals surface area contributed by atoms with Crippen molar-refractivity contribution in [1.82, 2.24) is 5.32 Å². The Bertz CT molecular complexity index is 334. The average molecular weight is 221 g/mol. The highest BCUT2D eigenvalue weighted by Gasteiger charge is 2.20. The standard InChI is InChI=1S/C13H19NO2/c1-10(13-7-2-3-8-14-13)16-12-6-4-5-11(15)9-12/h4-6,9-10,13-15H,2-3,7-8H2,1H3. The third-order valence-corrected chi connectivity index (χ3v) is 3.05. The molecule has 16 heavy (non-hydrogen) atoms. The average Bonchev–Trinajstić information content (AvgIpc) is 2.30. The Morgan fingerprint density at radius 2 is 2.31 bits per heavy atom. The maximum atomic E-state index is 9.34. The molecule has 2 unspecified atom stereocenters. The number of nitrogens with one attached hydrogen (secondary N) is 1. The van der Waals surface area contributed by atoms with Crippen molar-refractivity contribution in [3.63, 3.8) is 0 Å². The second kappa shape index (κ2) is 5.21. The number of hydrogen-bond donors (Lipinski definition) is 2. The van der Waals surface area contributed by atoms with Gasteiger partial charge >= 0.3 is 0 Å². The molecule has 0 spiro atoms. The van der Waals surface area contributed by atoms with Crippen LogP contribution in [0, 0.1) is 0 Å². The number of piperidine rings is 1. The molecule has 3 heteroatoms. The summed E-state index contributed by atoms with van der Waals surface area (Å²) in [5.41, 5.74) is 0. The Kier molecular flexibility index (Phi) is 3.67. The van der Waals surface area contributed by atoms with Gasteiger partial charge in [0.2, 0.25) is 0 Å². The van der Waals surface area contributed by atoms with Gasteiger partial charge in [-0.05, 0) is 38.4 Å². The summed E-state index contributed by atoms with van der Waals surface area (Å²) in [7, 11) is 0. The summed E-state index contributed by atoms with van der Waals surface area (Å²) in [6.07, 6.45) is 3.84. The van der Waals surface area contributed by atoms with E-state index >= 15 is 0 Å². The second-order valence-electron chi connectivity index (χ2n) is 4.38. The van der Waals surface area contributed by atoms with Crippen LogP contribution in [0.4, 0.5) is 0 Å². The van der Waals surface area contributed by atoms with Crippen LogP contribution >= 0.6 is 0 Å². The normalized spacial score (nSPS) is 22.7. The molecule has 3 nitrogen and oxygen atoms in total. The number of rotatable bonds is 3. The minimum absolute atomic E-state index is 0.141. The van der Waals surface area contributed by atoms with Crippen LogP contribution in [0.15, 0.2) is 24.3 Å². The molecule has 1 aliphatic heterocycles. The van der Waals surface area contributed by atoms with E-state index in [1.165, 1.54) is 19.3 Å². The Balaban J connectivity index is 1.93. The van der Waals surface area contributed by atoms with Gasteiger partial charge in [-0.3, -0.25) is 0 Å². The summed E-state index contributed by atoms with van der Waals surface area (Å²) in [6.45, 7) is 3.16. The number of phenolic OH excluding ortho intramolecular Hbond substituents is 1. The zero-order valence-electron chi connectivity index (χ0n) is 9.65. The zero-order chi connectivity index (χ0) is 11.4. The summed E-state index contributed by atoms with van der Waals surface area (Å²) in [5, 5.41) is 12.8. The molecule has 0 aliphatic carbocycles. The van der Waals surface area contributed by atoms with Crippen molar-refractivity contribution in [1.29, 1.82) is 0 Å². The quantitative estimate of drug-likeness (QED) is 0.823. The molecule has 1 aliphatic rings. The van der Waals surface area contributed by atoms with Gasteiger partial charge in [0.25, 0.3) is 0 Å². The molecule has 88 valence electrons. The first-order valence-electron chi connectivity index (χ1n) is 5.95. The number of benzene rings is 1. The topological polar surface area (TPSA) is 41.5 Å². The van der Waals surface area contributed by atoms with Crippen LogP contribution in [0.25, 0.3) is 0 Å². The van der Waals surface area contributed by atoms with E-state index in [1.54, 1.807) is 18.2 Å². The fourth-order valence-electron chi connectivity index (χ4n) is 2.13. The molecular weight excluding hydrogens is 202 g/mol. The predicted octanol–water partition coefficient (Wildman–Crippen LogP) is 2.30. The minimum atomic E-state index is 0.141. The van der Waals surface area contributed by atoms with Crippen molar-refractivity contribution in [2.24, 2.45) is 0 Å². The van der Waals surface area contributed by atoms with Crippen LogP contribution in [0.3, 0.4) is 0 Å². The van der Waals surface area contributed by atoms with Crippen LogP contribution in [-0.2, 0) is 0 Å². The van der Waals surface area contributed by atoms with Crippen molar-refractivity contribution < 1.29 is 9.84 Å². The highest BCUT2D eigenvalue weighted by molar-refractivity contribution is 5.31. The van der Waals surface area contributed by atoms with Crippen LogP contribution in [-0.4, -0.2) is 23.8 Å². The van der Waals surface area contributed by atoms with Crippen molar-refractivity contribution in [3.05, 3.63) is 24.3 Å². The smallest absolute Gasteiger partial charge is 0.123 e. The second-order valence-corrected chi connectivity index (χ2v) is 4.38. The lowest BCUT2D eigenvalue weighted by Gasteiger charge is -2.29. The van der Waals surface area contributed by atoms with E-state index in [1.807, 2.05) is 6.07 Å². The largest absolute Gasteiger partial charge is 0.508 e. The third kappa shape index (κ3) is 2.89. The summed E-state index contributed by atoms with van der Waals surface area (Å²) < 4.78 is 5.81. The highest BCUT2D eigenvalue weighted by Crippen LogP contribution is 2.21. The SMILES string of the molecule is CC(Oc1cccc(O)c1)C1CCCCN1. The van der Waals surface area contributed by atoms with Crippen molar-refractivity contribution in [3.8, 4) is 11.5 Å². The molecule has 2 rings (SSSR count). The van der Waals surface area contributed by atoms with Gasteiger partial charge in [-0.15, -0.1) is 0 Å². The van der Waals surface area contributed by atoms with E-state index < -0.39 is 0 Å². The molecule has 1 saturated heterocycles. The van der Waals surface area contributed by atoms with Crippen LogP contribution in [0.1, 0.15) is 26.2 Å². The van der Waals surface area contributed by atoms with E-state index in [4.69, 9.17) is 4.74 Å². The number of phenols is 1. The number of ether oxygens (including phenoxy) is 1. The fourth-order valence-corrected chi connectivity index (χ4v) is 2.13. The Morgan fingerprint density at radius 3 is 3.00 bits per heavy atom. The van der Waals surface area contributed by atoms with Gasteiger partial charge in [0, 0.05) is 12.1 Å². The molecule has 1 fully saturated rings. The van der Waals surface area contributed by atoms with E-state index in [-0.39, 0.29) is 11.9 Å². The van der Waals surface area contributed by atoms with Crippen LogP contribution in [0.2, 0.25) is 0 Å². The number of hydrogen-bond acceptors (Lipinski definition) is 3. The van der Waals surface area contributed by atoms with E-state index in [2.05, 4.69) is 12.2 Å². The lowest BCUT2D eigenvalue weighted by Crippen LogP contribution is -2.44. The van der Waals surface area contributed by atoms with Crippen molar-refractivity contribution in [2.75, 3.05) is 6.54 Å². The van der Waals surface area contributed by atoms with Gasteiger partial charge in [0.15, 0.2) is 0 Å². The highest BCUT2D eigenvalue weighted by atomic mass is 16.5. The molecule has 0 amide bonds. The molecule has 1 aromatic rings. The first-order valence-corrected chi connectivity index (χ1v) is 5.95. The molecule has 0 aromatic heterocycles. The van der Waals surface area contributed by atoms with Gasteiger partial charge in [-0.25, -0.2) is 0 Å². The zero-order valence-corrected chi connectivity index (χ0v) is 9.65. The lowest BCUT2D eigenvalue weighted by molar-refractivity contribution is 0.152. The summed E-state index contributed by atoms with van der Waals surface area (Å²) in [4.78, 5) is 0. The van der Waals surface area contributed by atoms with Crippen LogP contribution in [0.5, 0.6) is 11.5 Å². The van der Waals surface area contributed by atoms with Gasteiger partial charge in [-0.1, -0.05) is 12.5 Å². The summed E-state index contributed by atoms with van der Waals surface area (Å²) >= 11 is 0. The van der Waals surface area contributed by atoms with Gasteiger partial charge in [0.05, 0.1) is 0 Å². The summed E-state index contributed by atoms with van der Waals surface area (Å²) in [5.74, 6) is 0.987. The first-order chi connectivity index (χ1) is 7.75. The van der Waals surface area contributed by atoms with Crippen LogP contribution < -0.4 is 10.1 Å². The van der Waals surface area contributed by atoms with E-state index in [9.17, 15) is 5.11 Å². The molecule has 2 N–H and O–H groups in total. The fraction of sp³-hybridized carbons (Fsp3) is 0.538. The van der Waals surface area contributed by atoms with Crippen molar-refractivity contribution in [2.45, 2.75) is 38.3 Å². The molecular formula is C13H19NO2. The third-order valence-electron chi connectivity index (χ3n) is 3.05. The minimum Gasteiger partial charge on any atom is -0.508 e. The maximum absolute atomic E-state index is 9.34. The van der Waals surface area contributed by atoms with Gasteiger partial charge in [0.1, 0.15) is 17.6 Å². The predicted molar refractivity (Wildman–Crippen MR) is 63.8 cm³/mol. The van der Waals surface area contributed by atoms with Crippen molar-refractivity contribution >= 4 is 0 Å². The van der Waals surface area contributed by atoms with Gasteiger partial charge < -0.3 is 15.2 Å². The molecule has 0 saturated carbocycles.